The molecule has 0 radical (unpaired) electrons. The molecule has 8 nitrogen and oxygen atoms in total. The summed E-state index contributed by atoms with van der Waals surface area (Å²) in [6, 6.07) is 7.57. The number of esters is 1. The Bertz CT molecular complexity index is 664. The molecule has 0 aliphatic rings. The first kappa shape index (κ1) is 21.1. The molecular weight excluding hydrogens is 338 g/mol. The van der Waals surface area contributed by atoms with Gasteiger partial charge in [-0.15, -0.1) is 0 Å². The number of anilines is 1. The molecule has 0 bridgehead atoms. The van der Waals surface area contributed by atoms with Gasteiger partial charge in [-0.2, -0.15) is 5.26 Å². The fourth-order valence-electron chi connectivity index (χ4n) is 2.13. The summed E-state index contributed by atoms with van der Waals surface area (Å²) < 4.78 is 9.73. The zero-order valence-corrected chi connectivity index (χ0v) is 15.1. The van der Waals surface area contributed by atoms with E-state index >= 15 is 0 Å². The van der Waals surface area contributed by atoms with E-state index in [0.29, 0.717) is 17.7 Å². The molecule has 1 aromatic carbocycles. The summed E-state index contributed by atoms with van der Waals surface area (Å²) in [5, 5.41) is 13.8. The van der Waals surface area contributed by atoms with Crippen LogP contribution in [0.1, 0.15) is 25.8 Å². The lowest BCUT2D eigenvalue weighted by Crippen LogP contribution is -2.44. The van der Waals surface area contributed by atoms with Crippen molar-refractivity contribution in [1.29, 1.82) is 5.26 Å². The fourth-order valence-corrected chi connectivity index (χ4v) is 2.13. The van der Waals surface area contributed by atoms with E-state index in [1.165, 1.54) is 7.11 Å². The quantitative estimate of drug-likeness (QED) is 0.639. The van der Waals surface area contributed by atoms with E-state index in [1.54, 1.807) is 24.3 Å². The van der Waals surface area contributed by atoms with Gasteiger partial charge in [-0.1, -0.05) is 13.8 Å². The summed E-state index contributed by atoms with van der Waals surface area (Å²) >= 11 is 0. The van der Waals surface area contributed by atoms with E-state index in [2.05, 4.69) is 15.4 Å². The minimum atomic E-state index is -0.747. The third-order valence-electron chi connectivity index (χ3n) is 3.29. The van der Waals surface area contributed by atoms with Crippen LogP contribution in [0.3, 0.4) is 0 Å². The smallest absolute Gasteiger partial charge is 0.328 e. The van der Waals surface area contributed by atoms with Crippen molar-refractivity contribution in [1.82, 2.24) is 5.32 Å². The molecule has 0 aromatic heterocycles. The van der Waals surface area contributed by atoms with Crippen LogP contribution in [0.4, 0.5) is 5.69 Å². The van der Waals surface area contributed by atoms with Crippen LogP contribution in [0.2, 0.25) is 0 Å². The van der Waals surface area contributed by atoms with Gasteiger partial charge in [0.25, 0.3) is 0 Å². The number of hydrogen-bond donors (Lipinski definition) is 2. The Morgan fingerprint density at radius 2 is 1.73 bits per heavy atom. The summed E-state index contributed by atoms with van der Waals surface area (Å²) in [6.45, 7) is 3.17. The van der Waals surface area contributed by atoms with Crippen molar-refractivity contribution in [3.63, 3.8) is 0 Å². The molecule has 0 heterocycles. The lowest BCUT2D eigenvalue weighted by Gasteiger charge is -2.18. The maximum atomic E-state index is 11.9. The lowest BCUT2D eigenvalue weighted by atomic mass is 10.0. The van der Waals surface area contributed by atoms with Gasteiger partial charge in [0, 0.05) is 5.69 Å². The van der Waals surface area contributed by atoms with E-state index in [1.807, 2.05) is 19.9 Å². The summed E-state index contributed by atoms with van der Waals surface area (Å²) in [6.07, 6.45) is 0.442. The van der Waals surface area contributed by atoms with Crippen LogP contribution >= 0.6 is 0 Å². The van der Waals surface area contributed by atoms with Crippen molar-refractivity contribution in [3.8, 4) is 6.07 Å². The Kier molecular flexibility index (Phi) is 8.81. The Morgan fingerprint density at radius 3 is 2.27 bits per heavy atom. The van der Waals surface area contributed by atoms with Crippen LogP contribution in [-0.4, -0.2) is 44.1 Å². The highest BCUT2D eigenvalue weighted by molar-refractivity contribution is 5.92. The number of nitriles is 1. The van der Waals surface area contributed by atoms with Gasteiger partial charge in [0.15, 0.2) is 0 Å². The van der Waals surface area contributed by atoms with Gasteiger partial charge >= 0.3 is 5.97 Å². The van der Waals surface area contributed by atoms with Crippen molar-refractivity contribution in [2.75, 3.05) is 25.6 Å². The van der Waals surface area contributed by atoms with E-state index in [4.69, 9.17) is 10.00 Å². The number of rotatable bonds is 9. The molecular formula is C18H23N3O5. The second-order valence-corrected chi connectivity index (χ2v) is 6.00. The second kappa shape index (κ2) is 10.8. The molecule has 2 amide bonds. The number of nitrogens with zero attached hydrogens (tertiary/aromatic N) is 1. The molecule has 1 atom stereocenters. The summed E-state index contributed by atoms with van der Waals surface area (Å²) in [4.78, 5) is 35.3. The number of methoxy groups -OCH3 is 1. The molecule has 2 N–H and O–H groups in total. The SMILES string of the molecule is COC(=O)[C@H](CC(C)C)NC(=O)COCC(=O)Nc1ccc(C#N)cc1. The molecule has 0 saturated carbocycles. The van der Waals surface area contributed by atoms with Crippen molar-refractivity contribution in [2.24, 2.45) is 5.92 Å². The van der Waals surface area contributed by atoms with Crippen LogP contribution in [0.15, 0.2) is 24.3 Å². The highest BCUT2D eigenvalue weighted by Crippen LogP contribution is 2.08. The van der Waals surface area contributed by atoms with Gasteiger partial charge in [0.1, 0.15) is 19.3 Å². The second-order valence-electron chi connectivity index (χ2n) is 6.00. The number of carbonyl (C=O) groups excluding carboxylic acids is 3. The van der Waals surface area contributed by atoms with Gasteiger partial charge in [-0.3, -0.25) is 9.59 Å². The average molecular weight is 361 g/mol. The van der Waals surface area contributed by atoms with Crippen LogP contribution in [0.25, 0.3) is 0 Å². The first-order chi connectivity index (χ1) is 12.3. The monoisotopic (exact) mass is 361 g/mol. The molecule has 140 valence electrons. The predicted molar refractivity (Wildman–Crippen MR) is 94.0 cm³/mol. The third kappa shape index (κ3) is 7.77. The number of ether oxygens (including phenoxy) is 2. The predicted octanol–water partition coefficient (Wildman–Crippen LogP) is 1.22. The van der Waals surface area contributed by atoms with Crippen molar-refractivity contribution < 1.29 is 23.9 Å². The molecule has 26 heavy (non-hydrogen) atoms. The standard InChI is InChI=1S/C18H23N3O5/c1-12(2)8-15(18(24)25-3)21-17(23)11-26-10-16(22)20-14-6-4-13(9-19)5-7-14/h4-7,12,15H,8,10-11H2,1-3H3,(H,20,22)(H,21,23)/t15-/m0/s1. The molecule has 0 aliphatic heterocycles. The van der Waals surface area contributed by atoms with Crippen LogP contribution in [-0.2, 0) is 23.9 Å². The molecule has 0 unspecified atom stereocenters. The van der Waals surface area contributed by atoms with E-state index in [0.717, 1.165) is 0 Å². The highest BCUT2D eigenvalue weighted by Gasteiger charge is 2.22. The zero-order valence-electron chi connectivity index (χ0n) is 15.1. The minimum absolute atomic E-state index is 0.193. The largest absolute Gasteiger partial charge is 0.467 e. The Balaban J connectivity index is 2.38. The van der Waals surface area contributed by atoms with Crippen molar-refractivity contribution in [2.45, 2.75) is 26.3 Å². The molecule has 0 saturated heterocycles. The van der Waals surface area contributed by atoms with Crippen LogP contribution in [0, 0.1) is 17.2 Å². The molecule has 1 rings (SSSR count). The lowest BCUT2D eigenvalue weighted by molar-refractivity contribution is -0.146. The number of benzene rings is 1. The molecule has 1 aromatic rings. The van der Waals surface area contributed by atoms with E-state index in [9.17, 15) is 14.4 Å². The van der Waals surface area contributed by atoms with Crippen LogP contribution in [0.5, 0.6) is 0 Å². The number of nitrogens with one attached hydrogen (secondary N) is 2. The van der Waals surface area contributed by atoms with E-state index in [-0.39, 0.29) is 19.1 Å². The highest BCUT2D eigenvalue weighted by atomic mass is 16.5. The van der Waals surface area contributed by atoms with Crippen molar-refractivity contribution >= 4 is 23.5 Å². The topological polar surface area (TPSA) is 118 Å². The summed E-state index contributed by atoms with van der Waals surface area (Å²) in [5.74, 6) is -1.27. The fraction of sp³-hybridized carbons (Fsp3) is 0.444. The van der Waals surface area contributed by atoms with Gasteiger partial charge in [0.05, 0.1) is 18.7 Å². The molecule has 8 heteroatoms. The van der Waals surface area contributed by atoms with Gasteiger partial charge in [0.2, 0.25) is 11.8 Å². The van der Waals surface area contributed by atoms with E-state index < -0.39 is 23.8 Å². The van der Waals surface area contributed by atoms with Gasteiger partial charge in [-0.05, 0) is 36.6 Å². The third-order valence-corrected chi connectivity index (χ3v) is 3.29. The number of amides is 2. The zero-order chi connectivity index (χ0) is 19.5. The molecule has 0 fully saturated rings. The Morgan fingerprint density at radius 1 is 1.12 bits per heavy atom. The first-order valence-corrected chi connectivity index (χ1v) is 8.10. The van der Waals surface area contributed by atoms with Gasteiger partial charge < -0.3 is 20.1 Å². The molecule has 0 aliphatic carbocycles. The number of hydrogen-bond acceptors (Lipinski definition) is 6. The summed E-state index contributed by atoms with van der Waals surface area (Å²) in [5.41, 5.74) is 1.00. The van der Waals surface area contributed by atoms with Crippen LogP contribution < -0.4 is 10.6 Å². The maximum absolute atomic E-state index is 11.9. The van der Waals surface area contributed by atoms with Gasteiger partial charge in [-0.25, -0.2) is 4.79 Å². The normalized spacial score (nSPS) is 11.3. The molecule has 0 spiro atoms. The number of carbonyl (C=O) groups is 3. The maximum Gasteiger partial charge on any atom is 0.328 e. The average Bonchev–Trinajstić information content (AvgIpc) is 2.60. The first-order valence-electron chi connectivity index (χ1n) is 8.10. The van der Waals surface area contributed by atoms with Crippen molar-refractivity contribution in [3.05, 3.63) is 29.8 Å². The Hall–Kier alpha value is -2.92. The Labute approximate surface area is 152 Å². The minimum Gasteiger partial charge on any atom is -0.467 e. The summed E-state index contributed by atoms with van der Waals surface area (Å²) in [7, 11) is 1.26.